The van der Waals surface area contributed by atoms with Crippen molar-refractivity contribution in [2.75, 3.05) is 0 Å². The highest BCUT2D eigenvalue weighted by atomic mass is 32.2. The molecule has 27 heavy (non-hydrogen) atoms. The van der Waals surface area contributed by atoms with Crippen molar-refractivity contribution in [3.8, 4) is 5.69 Å². The molecule has 0 bridgehead atoms. The zero-order chi connectivity index (χ0) is 19.3. The van der Waals surface area contributed by atoms with E-state index in [4.69, 9.17) is 5.41 Å². The lowest BCUT2D eigenvalue weighted by Crippen LogP contribution is -2.35. The number of carbonyl (C=O) groups excluding carboxylic acids is 1. The van der Waals surface area contributed by atoms with Crippen LogP contribution in [0, 0.1) is 33.1 Å². The molecule has 4 rings (SSSR count). The van der Waals surface area contributed by atoms with Gasteiger partial charge in [-0.2, -0.15) is 15.1 Å². The molecule has 2 aliphatic rings. The Kier molecular flexibility index (Phi) is 4.11. The third-order valence-electron chi connectivity index (χ3n) is 4.76. The summed E-state index contributed by atoms with van der Waals surface area (Å²) in [6.07, 6.45) is 1.74. The minimum atomic E-state index is -0.402. The van der Waals surface area contributed by atoms with E-state index in [-0.39, 0.29) is 11.4 Å². The summed E-state index contributed by atoms with van der Waals surface area (Å²) in [6.45, 7) is 8.24. The average molecular weight is 377 g/mol. The summed E-state index contributed by atoms with van der Waals surface area (Å²) in [5, 5.41) is 14.2. The lowest BCUT2D eigenvalue weighted by atomic mass is 10.1. The molecule has 1 amide bonds. The number of aliphatic imine (C=N–C) groups is 1. The molecule has 1 N–H and O–H groups in total. The molecule has 0 atom stereocenters. The molecule has 2 aliphatic heterocycles. The van der Waals surface area contributed by atoms with Crippen LogP contribution in [0.1, 0.15) is 28.1 Å². The van der Waals surface area contributed by atoms with Crippen LogP contribution in [0.3, 0.4) is 0 Å². The van der Waals surface area contributed by atoms with Gasteiger partial charge in [0.2, 0.25) is 0 Å². The smallest absolute Gasteiger partial charge is 0.283 e. The number of carbonyl (C=O) groups is 1. The van der Waals surface area contributed by atoms with E-state index in [2.05, 4.69) is 46.7 Å². The molecule has 3 heterocycles. The number of fused-ring (bicyclic) bond motifs is 1. The number of aromatic nitrogens is 1. The number of thioether (sulfide) groups is 1. The lowest BCUT2D eigenvalue weighted by Gasteiger charge is -2.20. The Balaban J connectivity index is 1.80. The molecule has 0 fully saturated rings. The largest absolute Gasteiger partial charge is 0.318 e. The van der Waals surface area contributed by atoms with Gasteiger partial charge < -0.3 is 4.57 Å². The van der Waals surface area contributed by atoms with Crippen molar-refractivity contribution < 1.29 is 4.79 Å². The molecular formula is C20H19N5OS. The number of benzene rings is 1. The monoisotopic (exact) mass is 377 g/mol. The maximum Gasteiger partial charge on any atom is 0.283 e. The van der Waals surface area contributed by atoms with E-state index in [1.165, 1.54) is 27.9 Å². The van der Waals surface area contributed by atoms with Gasteiger partial charge in [0.05, 0.1) is 11.1 Å². The Labute approximate surface area is 161 Å². The third-order valence-corrected chi connectivity index (χ3v) is 5.43. The summed E-state index contributed by atoms with van der Waals surface area (Å²) in [5.41, 5.74) is 8.34. The number of hydrazone groups is 1. The number of nitrogens with one attached hydrogen (secondary N) is 1. The van der Waals surface area contributed by atoms with Crippen LogP contribution in [0.5, 0.6) is 0 Å². The summed E-state index contributed by atoms with van der Waals surface area (Å²) in [6, 6.07) is 8.40. The highest BCUT2D eigenvalue weighted by Gasteiger charge is 2.32. The second-order valence-corrected chi connectivity index (χ2v) is 7.52. The first-order chi connectivity index (χ1) is 12.9. The first-order valence-electron chi connectivity index (χ1n) is 8.56. The Hall–Kier alpha value is -2.93. The number of nitrogens with zero attached hydrogens (tertiary/aromatic N) is 4. The van der Waals surface area contributed by atoms with Crippen LogP contribution in [0.4, 0.5) is 0 Å². The molecule has 0 radical (unpaired) electrons. The number of aryl methyl sites for hydroxylation is 3. The minimum absolute atomic E-state index is 0.0579. The molecular weight excluding hydrogens is 358 g/mol. The second-order valence-electron chi connectivity index (χ2n) is 6.71. The molecule has 136 valence electrons. The molecule has 1 aromatic heterocycles. The van der Waals surface area contributed by atoms with Crippen LogP contribution in [-0.4, -0.2) is 32.0 Å². The minimum Gasteiger partial charge on any atom is -0.318 e. The van der Waals surface area contributed by atoms with E-state index in [1.807, 2.05) is 19.9 Å². The maximum atomic E-state index is 12.4. The fraction of sp³-hybridized carbons (Fsp3) is 0.200. The second kappa shape index (κ2) is 6.35. The summed E-state index contributed by atoms with van der Waals surface area (Å²) in [5.74, 6) is -0.344. The Morgan fingerprint density at radius 2 is 1.93 bits per heavy atom. The van der Waals surface area contributed by atoms with E-state index in [0.717, 1.165) is 22.6 Å². The average Bonchev–Trinajstić information content (AvgIpc) is 3.17. The van der Waals surface area contributed by atoms with Crippen LogP contribution in [0.25, 0.3) is 11.8 Å². The van der Waals surface area contributed by atoms with Crippen LogP contribution >= 0.6 is 11.8 Å². The van der Waals surface area contributed by atoms with Gasteiger partial charge in [-0.25, -0.2) is 0 Å². The Morgan fingerprint density at radius 3 is 2.67 bits per heavy atom. The highest BCUT2D eigenvalue weighted by molar-refractivity contribution is 8.25. The normalized spacial score (nSPS) is 17.7. The van der Waals surface area contributed by atoms with E-state index < -0.39 is 5.91 Å². The van der Waals surface area contributed by atoms with Crippen molar-refractivity contribution in [1.29, 1.82) is 5.41 Å². The van der Waals surface area contributed by atoms with Crippen LogP contribution < -0.4 is 0 Å². The fourth-order valence-electron chi connectivity index (χ4n) is 3.45. The zero-order valence-electron chi connectivity index (χ0n) is 15.6. The third kappa shape index (κ3) is 2.84. The van der Waals surface area contributed by atoms with E-state index in [1.54, 1.807) is 11.6 Å². The molecule has 0 saturated carbocycles. The number of hydrogen-bond donors (Lipinski definition) is 1. The molecule has 0 spiro atoms. The van der Waals surface area contributed by atoms with Crippen LogP contribution in [0.15, 0.2) is 39.9 Å². The predicted molar refractivity (Wildman–Crippen MR) is 111 cm³/mol. The fourth-order valence-corrected chi connectivity index (χ4v) is 4.06. The van der Waals surface area contributed by atoms with Gasteiger partial charge in [-0.05, 0) is 68.8 Å². The summed E-state index contributed by atoms with van der Waals surface area (Å²) >= 11 is 1.24. The number of rotatable bonds is 2. The molecule has 6 nitrogen and oxygen atoms in total. The molecule has 7 heteroatoms. The molecule has 0 unspecified atom stereocenters. The van der Waals surface area contributed by atoms with Gasteiger partial charge in [0.25, 0.3) is 5.91 Å². The SMILES string of the molecule is Cc1ccc(-n2c(C)cc(C=C3C(=N)N4N=CSC4=NC3=O)c2C)c(C)c1. The van der Waals surface area contributed by atoms with Crippen molar-refractivity contribution in [2.45, 2.75) is 27.7 Å². The molecule has 1 aromatic carbocycles. The van der Waals surface area contributed by atoms with Gasteiger partial charge >= 0.3 is 0 Å². The van der Waals surface area contributed by atoms with E-state index in [0.29, 0.717) is 5.17 Å². The van der Waals surface area contributed by atoms with Gasteiger partial charge in [-0.3, -0.25) is 10.2 Å². The van der Waals surface area contributed by atoms with Gasteiger partial charge in [-0.15, -0.1) is 0 Å². The number of amides is 1. The van der Waals surface area contributed by atoms with Crippen molar-refractivity contribution in [3.63, 3.8) is 0 Å². The number of hydrogen-bond acceptors (Lipinski definition) is 4. The summed E-state index contributed by atoms with van der Waals surface area (Å²) in [4.78, 5) is 16.5. The van der Waals surface area contributed by atoms with Crippen molar-refractivity contribution in [2.24, 2.45) is 10.1 Å². The van der Waals surface area contributed by atoms with Crippen LogP contribution in [0.2, 0.25) is 0 Å². The number of amidine groups is 2. The molecule has 0 saturated heterocycles. The first-order valence-corrected chi connectivity index (χ1v) is 9.44. The zero-order valence-corrected chi connectivity index (χ0v) is 16.4. The van der Waals surface area contributed by atoms with Crippen molar-refractivity contribution in [1.82, 2.24) is 9.58 Å². The van der Waals surface area contributed by atoms with E-state index in [9.17, 15) is 4.79 Å². The van der Waals surface area contributed by atoms with Crippen molar-refractivity contribution >= 4 is 40.3 Å². The quantitative estimate of drug-likeness (QED) is 0.805. The van der Waals surface area contributed by atoms with Gasteiger partial charge in [0, 0.05) is 17.1 Å². The molecule has 0 aliphatic carbocycles. The standard InChI is InChI=1S/C20H19N5OS/c1-11-5-6-17(12(2)7-11)24-13(3)8-15(14(24)4)9-16-18(21)25-20(23-19(16)26)27-10-22-25/h5-10,21H,1-4H3. The van der Waals surface area contributed by atoms with E-state index >= 15 is 0 Å². The first kappa shape index (κ1) is 17.5. The van der Waals surface area contributed by atoms with Crippen molar-refractivity contribution in [3.05, 3.63) is 57.9 Å². The van der Waals surface area contributed by atoms with Gasteiger partial charge in [0.1, 0.15) is 0 Å². The summed E-state index contributed by atoms with van der Waals surface area (Å²) < 4.78 is 2.18. The lowest BCUT2D eigenvalue weighted by molar-refractivity contribution is -0.114. The Morgan fingerprint density at radius 1 is 1.15 bits per heavy atom. The summed E-state index contributed by atoms with van der Waals surface area (Å²) in [7, 11) is 0. The Bertz CT molecular complexity index is 1090. The highest BCUT2D eigenvalue weighted by Crippen LogP contribution is 2.28. The van der Waals surface area contributed by atoms with Crippen LogP contribution in [-0.2, 0) is 4.79 Å². The van der Waals surface area contributed by atoms with Gasteiger partial charge in [0.15, 0.2) is 11.0 Å². The predicted octanol–water partition coefficient (Wildman–Crippen LogP) is 3.96. The maximum absolute atomic E-state index is 12.4. The molecule has 2 aromatic rings. The van der Waals surface area contributed by atoms with Gasteiger partial charge in [-0.1, -0.05) is 17.7 Å². The topological polar surface area (TPSA) is 73.8 Å².